The van der Waals surface area contributed by atoms with Gasteiger partial charge in [-0.25, -0.2) is 4.79 Å². The van der Waals surface area contributed by atoms with Gasteiger partial charge in [0.2, 0.25) is 0 Å². The molecule has 168 valence electrons. The van der Waals surface area contributed by atoms with Gasteiger partial charge in [0.25, 0.3) is 5.91 Å². The molecule has 0 saturated carbocycles. The van der Waals surface area contributed by atoms with Crippen LogP contribution in [-0.4, -0.2) is 66.4 Å². The van der Waals surface area contributed by atoms with Gasteiger partial charge in [0, 0.05) is 25.5 Å². The van der Waals surface area contributed by atoms with Gasteiger partial charge in [-0.3, -0.25) is 9.59 Å². The van der Waals surface area contributed by atoms with Crippen LogP contribution in [0.15, 0.2) is 48.5 Å². The van der Waals surface area contributed by atoms with Crippen molar-refractivity contribution in [2.45, 2.75) is 24.8 Å². The number of hydrogen-bond acceptors (Lipinski definition) is 5. The van der Waals surface area contributed by atoms with E-state index in [0.29, 0.717) is 6.61 Å². The highest BCUT2D eigenvalue weighted by Gasteiger charge is 2.46. The minimum Gasteiger partial charge on any atom is -0.480 e. The first-order valence-electron chi connectivity index (χ1n) is 10.7. The van der Waals surface area contributed by atoms with Crippen molar-refractivity contribution in [3.05, 3.63) is 59.7 Å². The average molecular weight is 438 g/mol. The molecule has 1 aliphatic heterocycles. The molecule has 4 rings (SSSR count). The molecule has 1 unspecified atom stereocenters. The number of carboxylic acid groups (broad SMARTS) is 1. The van der Waals surface area contributed by atoms with E-state index in [4.69, 9.17) is 14.6 Å². The molecule has 32 heavy (non-hydrogen) atoms. The number of alkyl carbamates (subject to hydrolysis) is 1. The minimum absolute atomic E-state index is 0.0217. The highest BCUT2D eigenvalue weighted by Crippen LogP contribution is 2.44. The standard InChI is InChI=1S/C24H26N2O6/c1-2-26(13-21(27)28)22(29)24(11-12-31-15-24)25-23(30)32-14-20-18-9-5-3-7-16(18)17-8-4-6-10-19(17)20/h3-10,20H,2,11-15H2,1H3,(H,25,30)(H,27,28). The van der Waals surface area contributed by atoms with Crippen molar-refractivity contribution in [2.75, 3.05) is 32.9 Å². The molecule has 0 aromatic heterocycles. The van der Waals surface area contributed by atoms with Crippen molar-refractivity contribution < 1.29 is 29.0 Å². The third-order valence-corrected chi connectivity index (χ3v) is 6.11. The number of nitrogens with one attached hydrogen (secondary N) is 1. The smallest absolute Gasteiger partial charge is 0.408 e. The third-order valence-electron chi connectivity index (χ3n) is 6.11. The zero-order valence-electron chi connectivity index (χ0n) is 17.9. The number of aliphatic carboxylic acids is 1. The number of nitrogens with zero attached hydrogens (tertiary/aromatic N) is 1. The van der Waals surface area contributed by atoms with Gasteiger partial charge >= 0.3 is 12.1 Å². The molecule has 1 atom stereocenters. The maximum absolute atomic E-state index is 13.1. The number of ether oxygens (including phenoxy) is 2. The zero-order valence-corrected chi connectivity index (χ0v) is 17.9. The third kappa shape index (κ3) is 4.05. The van der Waals surface area contributed by atoms with Gasteiger partial charge in [-0.1, -0.05) is 48.5 Å². The molecule has 2 aromatic rings. The lowest BCUT2D eigenvalue weighted by molar-refractivity contribution is -0.147. The first kappa shape index (κ1) is 21.8. The fourth-order valence-electron chi connectivity index (χ4n) is 4.51. The maximum Gasteiger partial charge on any atom is 0.408 e. The van der Waals surface area contributed by atoms with Crippen LogP contribution in [0, 0.1) is 0 Å². The Labute approximate surface area is 186 Å². The second-order valence-corrected chi connectivity index (χ2v) is 8.05. The number of fused-ring (bicyclic) bond motifs is 3. The van der Waals surface area contributed by atoms with Gasteiger partial charge in [-0.2, -0.15) is 0 Å². The van der Waals surface area contributed by atoms with Crippen LogP contribution < -0.4 is 5.32 Å². The average Bonchev–Trinajstić information content (AvgIpc) is 3.39. The molecule has 8 nitrogen and oxygen atoms in total. The van der Waals surface area contributed by atoms with Gasteiger partial charge in [-0.15, -0.1) is 0 Å². The number of hydrogen-bond donors (Lipinski definition) is 2. The number of carbonyl (C=O) groups excluding carboxylic acids is 2. The van der Waals surface area contributed by atoms with Crippen molar-refractivity contribution in [1.29, 1.82) is 0 Å². The van der Waals surface area contributed by atoms with E-state index in [2.05, 4.69) is 17.4 Å². The summed E-state index contributed by atoms with van der Waals surface area (Å²) in [7, 11) is 0. The maximum atomic E-state index is 13.1. The van der Waals surface area contributed by atoms with Crippen LogP contribution in [0.3, 0.4) is 0 Å². The second kappa shape index (κ2) is 9.00. The Bertz CT molecular complexity index is 985. The summed E-state index contributed by atoms with van der Waals surface area (Å²) < 4.78 is 11.0. The fraction of sp³-hybridized carbons (Fsp3) is 0.375. The Morgan fingerprint density at radius 2 is 1.75 bits per heavy atom. The summed E-state index contributed by atoms with van der Waals surface area (Å²) in [5.41, 5.74) is 3.11. The molecule has 1 heterocycles. The zero-order chi connectivity index (χ0) is 22.7. The Morgan fingerprint density at radius 3 is 2.28 bits per heavy atom. The highest BCUT2D eigenvalue weighted by atomic mass is 16.6. The van der Waals surface area contributed by atoms with Gasteiger partial charge in [0.1, 0.15) is 18.7 Å². The van der Waals surface area contributed by atoms with Crippen LogP contribution in [0.25, 0.3) is 11.1 Å². The lowest BCUT2D eigenvalue weighted by atomic mass is 9.96. The SMILES string of the molecule is CCN(CC(=O)O)C(=O)C1(NC(=O)OCC2c3ccccc3-c3ccccc32)CCOC1. The molecule has 2 aromatic carbocycles. The van der Waals surface area contributed by atoms with Crippen molar-refractivity contribution in [2.24, 2.45) is 0 Å². The molecule has 0 spiro atoms. The Hall–Kier alpha value is -3.39. The molecule has 0 radical (unpaired) electrons. The van der Waals surface area contributed by atoms with Gasteiger partial charge in [0.05, 0.1) is 6.61 Å². The molecule has 2 N–H and O–H groups in total. The molecule has 2 amide bonds. The minimum atomic E-state index is -1.33. The number of likely N-dealkylation sites (N-methyl/N-ethyl adjacent to an activating group) is 1. The lowest BCUT2D eigenvalue weighted by Gasteiger charge is -2.32. The van der Waals surface area contributed by atoms with E-state index in [1.807, 2.05) is 36.4 Å². The van der Waals surface area contributed by atoms with Gasteiger partial charge in [0.15, 0.2) is 0 Å². The molecule has 2 aliphatic rings. The fourth-order valence-corrected chi connectivity index (χ4v) is 4.51. The Balaban J connectivity index is 1.47. The van der Waals surface area contributed by atoms with E-state index in [1.54, 1.807) is 6.92 Å². The summed E-state index contributed by atoms with van der Waals surface area (Å²) >= 11 is 0. The topological polar surface area (TPSA) is 105 Å². The molecule has 1 fully saturated rings. The van der Waals surface area contributed by atoms with E-state index in [1.165, 1.54) is 4.90 Å². The van der Waals surface area contributed by atoms with Crippen LogP contribution in [0.2, 0.25) is 0 Å². The van der Waals surface area contributed by atoms with E-state index in [9.17, 15) is 14.4 Å². The van der Waals surface area contributed by atoms with E-state index in [-0.39, 0.29) is 32.1 Å². The summed E-state index contributed by atoms with van der Waals surface area (Å²) in [5.74, 6) is -1.69. The molecule has 1 aliphatic carbocycles. The first-order valence-corrected chi connectivity index (χ1v) is 10.7. The number of carbonyl (C=O) groups is 3. The normalized spacial score (nSPS) is 19.2. The summed E-state index contributed by atoms with van der Waals surface area (Å²) in [6.45, 7) is 1.85. The lowest BCUT2D eigenvalue weighted by Crippen LogP contribution is -2.61. The summed E-state index contributed by atoms with van der Waals surface area (Å²) in [6, 6.07) is 16.1. The predicted octanol–water partition coefficient (Wildman–Crippen LogP) is 2.62. The molecule has 0 bridgehead atoms. The van der Waals surface area contributed by atoms with Crippen LogP contribution in [0.1, 0.15) is 30.4 Å². The monoisotopic (exact) mass is 438 g/mol. The van der Waals surface area contributed by atoms with Crippen molar-refractivity contribution >= 4 is 18.0 Å². The number of amides is 2. The van der Waals surface area contributed by atoms with Crippen LogP contribution >= 0.6 is 0 Å². The Morgan fingerprint density at radius 1 is 1.12 bits per heavy atom. The Kier molecular flexibility index (Phi) is 6.14. The number of carboxylic acids is 1. The van der Waals surface area contributed by atoms with Gasteiger partial charge < -0.3 is 24.8 Å². The van der Waals surface area contributed by atoms with Crippen molar-refractivity contribution in [3.8, 4) is 11.1 Å². The van der Waals surface area contributed by atoms with Crippen molar-refractivity contribution in [1.82, 2.24) is 10.2 Å². The van der Waals surface area contributed by atoms with E-state index in [0.717, 1.165) is 22.3 Å². The summed E-state index contributed by atoms with van der Waals surface area (Å²) in [6.07, 6.45) is -0.469. The van der Waals surface area contributed by atoms with Crippen LogP contribution in [-0.2, 0) is 19.1 Å². The highest BCUT2D eigenvalue weighted by molar-refractivity contribution is 5.92. The quantitative estimate of drug-likeness (QED) is 0.689. The molecule has 1 saturated heterocycles. The first-order chi connectivity index (χ1) is 15.4. The molecule has 8 heteroatoms. The van der Waals surface area contributed by atoms with E-state index < -0.39 is 30.1 Å². The summed E-state index contributed by atoms with van der Waals surface area (Å²) in [5, 5.41) is 11.8. The predicted molar refractivity (Wildman–Crippen MR) is 116 cm³/mol. The summed E-state index contributed by atoms with van der Waals surface area (Å²) in [4.78, 5) is 38.1. The van der Waals surface area contributed by atoms with Crippen LogP contribution in [0.5, 0.6) is 0 Å². The second-order valence-electron chi connectivity index (χ2n) is 8.05. The number of rotatable bonds is 7. The molecular weight excluding hydrogens is 412 g/mol. The van der Waals surface area contributed by atoms with Crippen LogP contribution in [0.4, 0.5) is 4.79 Å². The largest absolute Gasteiger partial charge is 0.480 e. The molecular formula is C24H26N2O6. The van der Waals surface area contributed by atoms with Crippen molar-refractivity contribution in [3.63, 3.8) is 0 Å². The van der Waals surface area contributed by atoms with E-state index >= 15 is 0 Å². The number of benzene rings is 2. The van der Waals surface area contributed by atoms with Gasteiger partial charge in [-0.05, 0) is 29.2 Å².